The predicted molar refractivity (Wildman–Crippen MR) is 51.8 cm³/mol. The average molecular weight is 214 g/mol. The smallest absolute Gasteiger partial charge is 0.250 e. The molecule has 1 aliphatic carbocycles. The van der Waals surface area contributed by atoms with Gasteiger partial charge < -0.3 is 0 Å². The van der Waals surface area contributed by atoms with E-state index in [2.05, 4.69) is 4.40 Å². The molecule has 0 saturated heterocycles. The van der Waals surface area contributed by atoms with Gasteiger partial charge in [0.1, 0.15) is 5.71 Å². The summed E-state index contributed by atoms with van der Waals surface area (Å²) in [5.74, 6) is 1.19. The molecule has 1 rings (SSSR count). The van der Waals surface area contributed by atoms with Crippen LogP contribution in [0.5, 0.6) is 0 Å². The van der Waals surface area contributed by atoms with Crippen molar-refractivity contribution in [1.29, 1.82) is 5.41 Å². The number of nitrogens with zero attached hydrogens (tertiary/aromatic N) is 1. The van der Waals surface area contributed by atoms with Gasteiger partial charge in [-0.3, -0.25) is 5.41 Å². The zero-order chi connectivity index (χ0) is 10.8. The Bertz CT molecular complexity index is 493. The van der Waals surface area contributed by atoms with Crippen LogP contribution >= 0.6 is 0 Å². The second kappa shape index (κ2) is 3.69. The normalized spacial score (nSPS) is 19.4. The molecule has 0 aromatic rings. The van der Waals surface area contributed by atoms with E-state index in [4.69, 9.17) is 5.41 Å². The lowest BCUT2D eigenvalue weighted by atomic mass is 10.1. The molecule has 0 amide bonds. The second-order valence-corrected chi connectivity index (χ2v) is 4.26. The lowest BCUT2D eigenvalue weighted by Crippen LogP contribution is -2.04. The van der Waals surface area contributed by atoms with Gasteiger partial charge in [-0.15, -0.1) is 0 Å². The van der Waals surface area contributed by atoms with Crippen molar-refractivity contribution in [2.45, 2.75) is 0 Å². The first-order valence-electron chi connectivity index (χ1n) is 3.57. The Kier molecular flexibility index (Phi) is 2.78. The SMILES string of the molecule is CS(=O)(=O)N=C1C=CC(=C=N)C=C1F. The van der Waals surface area contributed by atoms with E-state index < -0.39 is 15.9 Å². The van der Waals surface area contributed by atoms with Crippen molar-refractivity contribution >= 4 is 21.6 Å². The van der Waals surface area contributed by atoms with Gasteiger partial charge in [0.05, 0.1) is 6.26 Å². The lowest BCUT2D eigenvalue weighted by molar-refractivity contribution is 0.603. The first-order chi connectivity index (χ1) is 6.42. The molecule has 1 N–H and O–H groups in total. The zero-order valence-corrected chi connectivity index (χ0v) is 8.10. The van der Waals surface area contributed by atoms with Gasteiger partial charge in [-0.25, -0.2) is 12.8 Å². The van der Waals surface area contributed by atoms with E-state index in [1.54, 1.807) is 0 Å². The van der Waals surface area contributed by atoms with E-state index in [1.807, 2.05) is 5.87 Å². The van der Waals surface area contributed by atoms with Crippen molar-refractivity contribution < 1.29 is 12.8 Å². The summed E-state index contributed by atoms with van der Waals surface area (Å²) < 4.78 is 37.7. The predicted octanol–water partition coefficient (Wildman–Crippen LogP) is 0.985. The molecule has 0 saturated carbocycles. The quantitative estimate of drug-likeness (QED) is 0.661. The van der Waals surface area contributed by atoms with Crippen LogP contribution in [-0.2, 0) is 10.0 Å². The molecule has 0 fully saturated rings. The van der Waals surface area contributed by atoms with Crippen molar-refractivity contribution in [2.24, 2.45) is 4.40 Å². The van der Waals surface area contributed by atoms with Crippen LogP contribution in [0.15, 0.2) is 34.0 Å². The van der Waals surface area contributed by atoms with Crippen LogP contribution in [0.2, 0.25) is 0 Å². The van der Waals surface area contributed by atoms with Crippen LogP contribution < -0.4 is 0 Å². The first kappa shape index (κ1) is 10.6. The fourth-order valence-electron chi connectivity index (χ4n) is 0.837. The third kappa shape index (κ3) is 2.76. The number of nitrogens with one attached hydrogen (secondary N) is 1. The van der Waals surface area contributed by atoms with Gasteiger partial charge in [0.2, 0.25) is 0 Å². The number of sulfonamides is 1. The fourth-order valence-corrected chi connectivity index (χ4v) is 1.34. The van der Waals surface area contributed by atoms with Gasteiger partial charge in [-0.05, 0) is 24.1 Å². The zero-order valence-electron chi connectivity index (χ0n) is 7.28. The molecule has 0 aromatic heterocycles. The van der Waals surface area contributed by atoms with Gasteiger partial charge in [0.25, 0.3) is 10.0 Å². The van der Waals surface area contributed by atoms with Gasteiger partial charge >= 0.3 is 0 Å². The van der Waals surface area contributed by atoms with E-state index in [-0.39, 0.29) is 11.3 Å². The molecule has 1 aliphatic rings. The summed E-state index contributed by atoms with van der Waals surface area (Å²) in [6, 6.07) is 0. The average Bonchev–Trinajstić information content (AvgIpc) is 2.06. The monoisotopic (exact) mass is 214 g/mol. The summed E-state index contributed by atoms with van der Waals surface area (Å²) in [6.07, 6.45) is 4.42. The standard InChI is InChI=1S/C8H7FN2O2S/c1-14(12,13)11-8-3-2-6(5-10)4-7(8)9/h2-4,10H,1H3. The highest BCUT2D eigenvalue weighted by Gasteiger charge is 2.11. The summed E-state index contributed by atoms with van der Waals surface area (Å²) in [4.78, 5) is 0. The van der Waals surface area contributed by atoms with E-state index in [0.717, 1.165) is 12.3 Å². The molecule has 14 heavy (non-hydrogen) atoms. The number of halogens is 1. The highest BCUT2D eigenvalue weighted by Crippen LogP contribution is 2.13. The minimum absolute atomic E-state index is 0.231. The topological polar surface area (TPSA) is 70.3 Å². The molecular formula is C8H7FN2O2S. The maximum Gasteiger partial charge on any atom is 0.250 e. The Labute approximate surface area is 80.7 Å². The van der Waals surface area contributed by atoms with E-state index in [9.17, 15) is 12.8 Å². The van der Waals surface area contributed by atoms with Gasteiger partial charge in [-0.2, -0.15) is 4.40 Å². The molecule has 0 aromatic carbocycles. The Morgan fingerprint density at radius 2 is 2.14 bits per heavy atom. The molecule has 0 radical (unpaired) electrons. The number of hydrogen-bond acceptors (Lipinski definition) is 3. The Morgan fingerprint density at radius 3 is 2.57 bits per heavy atom. The Hall–Kier alpha value is -1.52. The Balaban J connectivity index is 3.17. The Morgan fingerprint density at radius 1 is 1.50 bits per heavy atom. The molecule has 0 heterocycles. The third-order valence-corrected chi connectivity index (χ3v) is 1.88. The maximum absolute atomic E-state index is 13.1. The number of hydrogen-bond donors (Lipinski definition) is 1. The molecule has 6 heteroatoms. The maximum atomic E-state index is 13.1. The summed E-state index contributed by atoms with van der Waals surface area (Å²) in [7, 11) is -3.60. The van der Waals surface area contributed by atoms with E-state index >= 15 is 0 Å². The third-order valence-electron chi connectivity index (χ3n) is 1.36. The molecule has 74 valence electrons. The molecular weight excluding hydrogens is 207 g/mol. The highest BCUT2D eigenvalue weighted by atomic mass is 32.2. The van der Waals surface area contributed by atoms with Crippen LogP contribution in [0, 0.1) is 5.41 Å². The van der Waals surface area contributed by atoms with Gasteiger partial charge in [-0.1, -0.05) is 0 Å². The summed E-state index contributed by atoms with van der Waals surface area (Å²) in [5, 5.41) is 6.73. The first-order valence-corrected chi connectivity index (χ1v) is 5.42. The van der Waals surface area contributed by atoms with Crippen molar-refractivity contribution in [3.8, 4) is 0 Å². The van der Waals surface area contributed by atoms with Gasteiger partial charge in [0, 0.05) is 5.57 Å². The van der Waals surface area contributed by atoms with E-state index in [0.29, 0.717) is 0 Å². The fraction of sp³-hybridized carbons (Fsp3) is 0.125. The lowest BCUT2D eigenvalue weighted by Gasteiger charge is -2.02. The van der Waals surface area contributed by atoms with Crippen LogP contribution in [-0.4, -0.2) is 26.3 Å². The largest absolute Gasteiger partial charge is 0.258 e. The highest BCUT2D eigenvalue weighted by molar-refractivity contribution is 7.89. The summed E-state index contributed by atoms with van der Waals surface area (Å²) >= 11 is 0. The minimum atomic E-state index is -3.60. The second-order valence-electron chi connectivity index (χ2n) is 2.62. The number of rotatable bonds is 1. The summed E-state index contributed by atoms with van der Waals surface area (Å²) in [6.45, 7) is 0. The van der Waals surface area contributed by atoms with Crippen molar-refractivity contribution in [3.05, 3.63) is 29.6 Å². The van der Waals surface area contributed by atoms with Crippen molar-refractivity contribution in [1.82, 2.24) is 0 Å². The van der Waals surface area contributed by atoms with Crippen molar-refractivity contribution in [2.75, 3.05) is 6.26 Å². The van der Waals surface area contributed by atoms with Crippen molar-refractivity contribution in [3.63, 3.8) is 0 Å². The van der Waals surface area contributed by atoms with Crippen LogP contribution in [0.4, 0.5) is 4.39 Å². The molecule has 0 bridgehead atoms. The molecule has 0 unspecified atom stereocenters. The molecule has 4 nitrogen and oxygen atoms in total. The van der Waals surface area contributed by atoms with Crippen LogP contribution in [0.1, 0.15) is 0 Å². The molecule has 0 aliphatic heterocycles. The van der Waals surface area contributed by atoms with Crippen LogP contribution in [0.25, 0.3) is 0 Å². The molecule has 0 atom stereocenters. The number of allylic oxidation sites excluding steroid dienone is 5. The molecule has 0 spiro atoms. The van der Waals surface area contributed by atoms with Gasteiger partial charge in [0.15, 0.2) is 5.83 Å². The summed E-state index contributed by atoms with van der Waals surface area (Å²) in [5.41, 5.74) is -0.0264. The van der Waals surface area contributed by atoms with Crippen LogP contribution in [0.3, 0.4) is 0 Å². The van der Waals surface area contributed by atoms with E-state index in [1.165, 1.54) is 12.2 Å². The minimum Gasteiger partial charge on any atom is -0.258 e.